The van der Waals surface area contributed by atoms with Gasteiger partial charge in [0.1, 0.15) is 5.15 Å². The number of halogens is 1. The third kappa shape index (κ3) is 2.60. The van der Waals surface area contributed by atoms with Crippen LogP contribution in [0.3, 0.4) is 0 Å². The van der Waals surface area contributed by atoms with E-state index in [9.17, 15) is 0 Å². The average Bonchev–Trinajstić information content (AvgIpc) is 2.58. The van der Waals surface area contributed by atoms with Crippen molar-refractivity contribution in [1.29, 1.82) is 0 Å². The van der Waals surface area contributed by atoms with Crippen molar-refractivity contribution in [2.24, 2.45) is 5.92 Å². The SMILES string of the molecule is CC(C)CC(C)(C)c1cn2nc(Cl)ccc2n1. The maximum absolute atomic E-state index is 5.87. The molecule has 3 nitrogen and oxygen atoms in total. The molecular weight excluding hydrogens is 234 g/mol. The Bertz CT molecular complexity index is 528. The van der Waals surface area contributed by atoms with Crippen LogP contribution >= 0.6 is 11.6 Å². The fourth-order valence-corrected chi connectivity index (χ4v) is 2.45. The molecule has 0 aliphatic rings. The number of hydrogen-bond acceptors (Lipinski definition) is 2. The van der Waals surface area contributed by atoms with Gasteiger partial charge in [0, 0.05) is 5.41 Å². The van der Waals surface area contributed by atoms with Crippen LogP contribution in [0.25, 0.3) is 5.65 Å². The van der Waals surface area contributed by atoms with Crippen molar-refractivity contribution in [3.63, 3.8) is 0 Å². The van der Waals surface area contributed by atoms with Crippen LogP contribution in [0.2, 0.25) is 5.15 Å². The molecule has 0 aliphatic heterocycles. The predicted octanol–water partition coefficient (Wildman–Crippen LogP) is 3.71. The van der Waals surface area contributed by atoms with Crippen molar-refractivity contribution in [2.45, 2.75) is 39.5 Å². The maximum atomic E-state index is 5.87. The number of imidazole rings is 1. The van der Waals surface area contributed by atoms with Gasteiger partial charge in [-0.3, -0.25) is 0 Å². The second-order valence-corrected chi connectivity index (χ2v) is 5.95. The first kappa shape index (κ1) is 12.4. The zero-order valence-corrected chi connectivity index (χ0v) is 11.5. The van der Waals surface area contributed by atoms with E-state index in [0.29, 0.717) is 11.1 Å². The van der Waals surface area contributed by atoms with E-state index in [1.165, 1.54) is 0 Å². The van der Waals surface area contributed by atoms with Crippen LogP contribution < -0.4 is 0 Å². The Morgan fingerprint density at radius 1 is 1.35 bits per heavy atom. The molecule has 0 unspecified atom stereocenters. The minimum Gasteiger partial charge on any atom is -0.232 e. The number of aromatic nitrogens is 3. The molecule has 2 heterocycles. The number of nitrogens with zero attached hydrogens (tertiary/aromatic N) is 3. The Labute approximate surface area is 107 Å². The Morgan fingerprint density at radius 3 is 2.71 bits per heavy atom. The van der Waals surface area contributed by atoms with Crippen molar-refractivity contribution in [1.82, 2.24) is 14.6 Å². The molecule has 0 saturated carbocycles. The Kier molecular flexibility index (Phi) is 3.13. The van der Waals surface area contributed by atoms with Crippen LogP contribution in [0.5, 0.6) is 0 Å². The monoisotopic (exact) mass is 251 g/mol. The average molecular weight is 252 g/mol. The van der Waals surface area contributed by atoms with Crippen LogP contribution in [0.4, 0.5) is 0 Å². The molecule has 17 heavy (non-hydrogen) atoms. The molecule has 0 atom stereocenters. The first-order chi connectivity index (χ1) is 7.88. The normalized spacial score (nSPS) is 12.6. The van der Waals surface area contributed by atoms with Gasteiger partial charge in [0.15, 0.2) is 5.65 Å². The molecule has 2 rings (SSSR count). The summed E-state index contributed by atoms with van der Waals surface area (Å²) >= 11 is 5.87. The van der Waals surface area contributed by atoms with Gasteiger partial charge >= 0.3 is 0 Å². The van der Waals surface area contributed by atoms with Crippen molar-refractivity contribution in [2.75, 3.05) is 0 Å². The summed E-state index contributed by atoms with van der Waals surface area (Å²) in [5, 5.41) is 4.70. The molecule has 0 N–H and O–H groups in total. The second-order valence-electron chi connectivity index (χ2n) is 5.57. The van der Waals surface area contributed by atoms with E-state index in [-0.39, 0.29) is 5.41 Å². The van der Waals surface area contributed by atoms with Gasteiger partial charge in [-0.15, -0.1) is 0 Å². The minimum absolute atomic E-state index is 0.0638. The van der Waals surface area contributed by atoms with Crippen LogP contribution in [0, 0.1) is 5.92 Å². The van der Waals surface area contributed by atoms with Crippen LogP contribution in [-0.4, -0.2) is 14.6 Å². The highest BCUT2D eigenvalue weighted by Crippen LogP contribution is 2.29. The van der Waals surface area contributed by atoms with Gasteiger partial charge in [-0.1, -0.05) is 39.3 Å². The summed E-state index contributed by atoms with van der Waals surface area (Å²) in [6.07, 6.45) is 3.08. The summed E-state index contributed by atoms with van der Waals surface area (Å²) in [6.45, 7) is 8.89. The first-order valence-electron chi connectivity index (χ1n) is 5.91. The molecule has 0 aliphatic carbocycles. The Morgan fingerprint density at radius 2 is 2.06 bits per heavy atom. The topological polar surface area (TPSA) is 30.2 Å². The first-order valence-corrected chi connectivity index (χ1v) is 6.29. The molecule has 0 radical (unpaired) electrons. The van der Waals surface area contributed by atoms with E-state index in [1.807, 2.05) is 12.3 Å². The molecule has 92 valence electrons. The zero-order chi connectivity index (χ0) is 12.6. The minimum atomic E-state index is 0.0638. The van der Waals surface area contributed by atoms with E-state index in [1.54, 1.807) is 10.6 Å². The fraction of sp³-hybridized carbons (Fsp3) is 0.538. The summed E-state index contributed by atoms with van der Waals surface area (Å²) in [6, 6.07) is 3.66. The van der Waals surface area contributed by atoms with E-state index < -0.39 is 0 Å². The van der Waals surface area contributed by atoms with Gasteiger partial charge in [0.25, 0.3) is 0 Å². The van der Waals surface area contributed by atoms with Crippen LogP contribution in [-0.2, 0) is 5.41 Å². The number of rotatable bonds is 3. The van der Waals surface area contributed by atoms with Crippen LogP contribution in [0.15, 0.2) is 18.3 Å². The van der Waals surface area contributed by atoms with Gasteiger partial charge < -0.3 is 0 Å². The lowest BCUT2D eigenvalue weighted by Gasteiger charge is -2.24. The molecule has 4 heteroatoms. The van der Waals surface area contributed by atoms with Gasteiger partial charge in [0.2, 0.25) is 0 Å². The van der Waals surface area contributed by atoms with Crippen molar-refractivity contribution < 1.29 is 0 Å². The lowest BCUT2D eigenvalue weighted by molar-refractivity contribution is 0.392. The molecule has 0 saturated heterocycles. The molecule has 2 aromatic heterocycles. The number of hydrogen-bond donors (Lipinski definition) is 0. The standard InChI is InChI=1S/C13H18ClN3/c1-9(2)7-13(3,4)10-8-17-12(15-10)6-5-11(14)16-17/h5-6,8-9H,7H2,1-4H3. The summed E-state index contributed by atoms with van der Waals surface area (Å²) in [5.41, 5.74) is 1.98. The predicted molar refractivity (Wildman–Crippen MR) is 70.5 cm³/mol. The quantitative estimate of drug-likeness (QED) is 0.833. The van der Waals surface area contributed by atoms with Crippen molar-refractivity contribution in [3.8, 4) is 0 Å². The number of fused-ring (bicyclic) bond motifs is 1. The lowest BCUT2D eigenvalue weighted by Crippen LogP contribution is -2.20. The smallest absolute Gasteiger partial charge is 0.153 e. The summed E-state index contributed by atoms with van der Waals surface area (Å²) in [5.74, 6) is 0.645. The highest BCUT2D eigenvalue weighted by atomic mass is 35.5. The van der Waals surface area contributed by atoms with E-state index in [2.05, 4.69) is 37.8 Å². The molecule has 0 fully saturated rings. The highest BCUT2D eigenvalue weighted by molar-refractivity contribution is 6.29. The fourth-order valence-electron chi connectivity index (χ4n) is 2.31. The third-order valence-corrected chi connectivity index (χ3v) is 3.10. The summed E-state index contributed by atoms with van der Waals surface area (Å²) in [7, 11) is 0. The molecule has 2 aromatic rings. The third-order valence-electron chi connectivity index (χ3n) is 2.90. The Hall–Kier alpha value is -1.09. The van der Waals surface area contributed by atoms with Crippen molar-refractivity contribution in [3.05, 3.63) is 29.2 Å². The van der Waals surface area contributed by atoms with Crippen LogP contribution in [0.1, 0.15) is 39.8 Å². The maximum Gasteiger partial charge on any atom is 0.153 e. The molecule has 0 bridgehead atoms. The van der Waals surface area contributed by atoms with E-state index in [4.69, 9.17) is 11.6 Å². The Balaban J connectivity index is 2.42. The molecule has 0 aromatic carbocycles. The van der Waals surface area contributed by atoms with E-state index in [0.717, 1.165) is 17.8 Å². The van der Waals surface area contributed by atoms with Gasteiger partial charge in [-0.05, 0) is 24.5 Å². The van der Waals surface area contributed by atoms with Gasteiger partial charge in [0.05, 0.1) is 11.9 Å². The van der Waals surface area contributed by atoms with Gasteiger partial charge in [-0.25, -0.2) is 9.50 Å². The zero-order valence-electron chi connectivity index (χ0n) is 10.7. The largest absolute Gasteiger partial charge is 0.232 e. The molecular formula is C13H18ClN3. The van der Waals surface area contributed by atoms with Crippen molar-refractivity contribution >= 4 is 17.2 Å². The lowest BCUT2D eigenvalue weighted by atomic mass is 9.81. The summed E-state index contributed by atoms with van der Waals surface area (Å²) in [4.78, 5) is 4.62. The second kappa shape index (κ2) is 4.30. The summed E-state index contributed by atoms with van der Waals surface area (Å²) < 4.78 is 1.75. The van der Waals surface area contributed by atoms with E-state index >= 15 is 0 Å². The van der Waals surface area contributed by atoms with Gasteiger partial charge in [-0.2, -0.15) is 5.10 Å². The molecule has 0 spiro atoms. The molecule has 0 amide bonds. The highest BCUT2D eigenvalue weighted by Gasteiger charge is 2.25.